The number of ether oxygens (including phenoxy) is 2. The zero-order valence-electron chi connectivity index (χ0n) is 23.2. The maximum absolute atomic E-state index is 13.8. The van der Waals surface area contributed by atoms with E-state index in [0.717, 1.165) is 23.1 Å². The normalized spacial score (nSPS) is 11.3. The fourth-order valence-electron chi connectivity index (χ4n) is 2.77. The van der Waals surface area contributed by atoms with E-state index in [2.05, 4.69) is 39.4 Å². The number of halogens is 7. The van der Waals surface area contributed by atoms with Crippen molar-refractivity contribution < 1.29 is 52.7 Å². The molecule has 2 aromatic carbocycles. The summed E-state index contributed by atoms with van der Waals surface area (Å²) in [4.78, 5) is 5.57. The molecule has 0 saturated heterocycles. The van der Waals surface area contributed by atoms with Crippen LogP contribution in [0.15, 0.2) is 34.1 Å². The highest BCUT2D eigenvalue weighted by Crippen LogP contribution is 2.28. The first-order valence-electron chi connectivity index (χ1n) is 11.5. The van der Waals surface area contributed by atoms with Crippen LogP contribution in [0.1, 0.15) is 11.6 Å². The van der Waals surface area contributed by atoms with Gasteiger partial charge in [0.2, 0.25) is 10.3 Å². The molecule has 4 aromatic rings. The third-order valence-electron chi connectivity index (χ3n) is 4.64. The van der Waals surface area contributed by atoms with Crippen molar-refractivity contribution in [3.63, 3.8) is 0 Å². The molecule has 0 radical (unpaired) electrons. The summed E-state index contributed by atoms with van der Waals surface area (Å²) in [6, 6.07) is 0.866. The fourth-order valence-corrected chi connectivity index (χ4v) is 6.89. The number of anilines is 2. The molecule has 4 rings (SSSR count). The molecular weight excluding hydrogens is 766 g/mol. The van der Waals surface area contributed by atoms with Crippen LogP contribution in [0, 0.1) is 48.8 Å². The van der Waals surface area contributed by atoms with Crippen molar-refractivity contribution in [3.8, 4) is 0 Å². The third-order valence-corrected chi connectivity index (χ3v) is 9.98. The molecule has 0 amide bonds. The van der Waals surface area contributed by atoms with E-state index >= 15 is 0 Å². The summed E-state index contributed by atoms with van der Waals surface area (Å²) in [6.45, 7) is 2.58. The van der Waals surface area contributed by atoms with Gasteiger partial charge in [-0.25, -0.2) is 57.5 Å². The number of alkyl halides is 1. The van der Waals surface area contributed by atoms with E-state index < -0.39 is 71.5 Å². The van der Waals surface area contributed by atoms with E-state index in [1.165, 1.54) is 21.0 Å². The Bertz CT molecular complexity index is 1830. The van der Waals surface area contributed by atoms with Gasteiger partial charge in [-0.15, -0.1) is 0 Å². The van der Waals surface area contributed by atoms with E-state index in [4.69, 9.17) is 4.74 Å². The zero-order valence-corrected chi connectivity index (χ0v) is 28.0. The van der Waals surface area contributed by atoms with Crippen LogP contribution in [0.3, 0.4) is 0 Å². The Hall–Kier alpha value is -2.96. The highest BCUT2D eigenvalue weighted by atomic mass is 79.9. The van der Waals surface area contributed by atoms with E-state index in [0.29, 0.717) is 21.5 Å². The second kappa shape index (κ2) is 16.6. The first-order chi connectivity index (χ1) is 21.0. The number of nitrogens with zero attached hydrogens (tertiary/aromatic N) is 5. The van der Waals surface area contributed by atoms with Crippen molar-refractivity contribution in [2.24, 2.45) is 0 Å². The van der Waals surface area contributed by atoms with Crippen LogP contribution in [-0.2, 0) is 29.5 Å². The van der Waals surface area contributed by atoms with Gasteiger partial charge in [0.15, 0.2) is 23.3 Å². The number of hydrogen-bond acceptors (Lipinski definition) is 12. The number of aryl methyl sites for hydroxylation is 2. The van der Waals surface area contributed by atoms with Gasteiger partial charge in [0.1, 0.15) is 45.3 Å². The molecule has 2 aromatic heterocycles. The zero-order chi connectivity index (χ0) is 34.1. The summed E-state index contributed by atoms with van der Waals surface area (Å²) in [6.07, 6.45) is 0. The van der Waals surface area contributed by atoms with Gasteiger partial charge in [0.05, 0.1) is 0 Å². The van der Waals surface area contributed by atoms with Crippen LogP contribution in [0.5, 0.6) is 0 Å². The molecule has 0 aliphatic rings. The van der Waals surface area contributed by atoms with Crippen LogP contribution >= 0.6 is 39.0 Å². The molecule has 0 fully saturated rings. The van der Waals surface area contributed by atoms with Crippen molar-refractivity contribution in [1.29, 1.82) is 0 Å². The predicted molar refractivity (Wildman–Crippen MR) is 155 cm³/mol. The summed E-state index contributed by atoms with van der Waals surface area (Å²) < 4.78 is 147. The van der Waals surface area contributed by atoms with Gasteiger partial charge in [-0.05, 0) is 13.8 Å². The molecule has 12 nitrogen and oxygen atoms in total. The number of sulfonamides is 2. The minimum Gasteiger partial charge on any atom is -0.373 e. The molecule has 45 heavy (non-hydrogen) atoms. The molecule has 1 N–H and O–H groups in total. The lowest BCUT2D eigenvalue weighted by Crippen LogP contribution is -2.33. The highest BCUT2D eigenvalue weighted by molar-refractivity contribution is 9.09. The van der Waals surface area contributed by atoms with Crippen LogP contribution < -0.4 is 9.03 Å². The second-order valence-electron chi connectivity index (χ2n) is 7.94. The SMILES string of the molecule is COCBr.COCN(c1nc(C)ns1)S(=O)(=O)c1cc(F)c(F)cc1F.Cc1nsc(NS(=O)(=O)c2cc(F)c(F)cc2F)n1. The lowest BCUT2D eigenvalue weighted by Gasteiger charge is -2.20. The first-order valence-corrected chi connectivity index (χ1v) is 17.1. The monoisotopic (exact) mass is 786 g/mol. The summed E-state index contributed by atoms with van der Waals surface area (Å²) in [5.41, 5.74) is 0.632. The average molecular weight is 788 g/mol. The molecule has 2 heterocycles. The molecule has 23 heteroatoms. The van der Waals surface area contributed by atoms with Gasteiger partial charge in [-0.1, -0.05) is 15.9 Å². The largest absolute Gasteiger partial charge is 0.373 e. The van der Waals surface area contributed by atoms with Gasteiger partial charge < -0.3 is 9.47 Å². The molecule has 0 unspecified atom stereocenters. The van der Waals surface area contributed by atoms with Crippen molar-refractivity contribution in [1.82, 2.24) is 18.7 Å². The summed E-state index contributed by atoms with van der Waals surface area (Å²) in [5.74, 6) is -8.07. The maximum atomic E-state index is 13.8. The van der Waals surface area contributed by atoms with E-state index in [-0.39, 0.29) is 34.5 Å². The fraction of sp³-hybridized carbons (Fsp3) is 0.273. The van der Waals surface area contributed by atoms with E-state index in [1.54, 1.807) is 7.11 Å². The predicted octanol–water partition coefficient (Wildman–Crippen LogP) is 5.11. The Morgan fingerprint density at radius 3 is 1.67 bits per heavy atom. The standard InChI is InChI=1S/C11H10F3N3O3S2.C9H6F3N3O2S2.C2H5BrO/c1-6-15-11(21-16-6)17(5-20-2)22(18,19)10-4-8(13)7(12)3-9(10)14;1-4-13-9(18-14-4)15-19(16,17)8-3-6(11)5(10)2-7(8)12;1-4-2-3/h3-4H,5H2,1-2H3;2-3H,1H3,(H,13,14,15);2H2,1H3. The third kappa shape index (κ3) is 10.3. The number of nitrogens with one attached hydrogen (secondary N) is 1. The lowest BCUT2D eigenvalue weighted by molar-refractivity contribution is 0.209. The number of methoxy groups -OCH3 is 2. The number of rotatable bonds is 9. The Labute approximate surface area is 269 Å². The molecule has 0 spiro atoms. The van der Waals surface area contributed by atoms with Gasteiger partial charge in [-0.3, -0.25) is 4.72 Å². The van der Waals surface area contributed by atoms with E-state index in [1.807, 2.05) is 4.72 Å². The smallest absolute Gasteiger partial charge is 0.271 e. The first kappa shape index (κ1) is 38.2. The lowest BCUT2D eigenvalue weighted by atomic mass is 10.3. The quantitative estimate of drug-likeness (QED) is 0.105. The number of hydrogen-bond donors (Lipinski definition) is 1. The highest BCUT2D eigenvalue weighted by Gasteiger charge is 2.31. The number of benzene rings is 2. The van der Waals surface area contributed by atoms with Gasteiger partial charge in [0, 0.05) is 61.6 Å². The molecule has 0 aliphatic heterocycles. The summed E-state index contributed by atoms with van der Waals surface area (Å²) in [7, 11) is -6.08. The van der Waals surface area contributed by atoms with Gasteiger partial charge in [0.25, 0.3) is 20.0 Å². The number of aromatic nitrogens is 4. The van der Waals surface area contributed by atoms with Crippen molar-refractivity contribution in [2.45, 2.75) is 23.6 Å². The summed E-state index contributed by atoms with van der Waals surface area (Å²) in [5, 5.41) is -0.176. The average Bonchev–Trinajstić information content (AvgIpc) is 3.58. The Morgan fingerprint density at radius 1 is 0.756 bits per heavy atom. The summed E-state index contributed by atoms with van der Waals surface area (Å²) >= 11 is 4.52. The Kier molecular flexibility index (Phi) is 14.1. The van der Waals surface area contributed by atoms with E-state index in [9.17, 15) is 43.2 Å². The van der Waals surface area contributed by atoms with Crippen LogP contribution in [-0.4, -0.2) is 62.0 Å². The Balaban J connectivity index is 0.000000283. The van der Waals surface area contributed by atoms with Crippen LogP contribution in [0.25, 0.3) is 0 Å². The second-order valence-corrected chi connectivity index (χ2v) is 13.4. The van der Waals surface area contributed by atoms with Crippen LogP contribution in [0.4, 0.5) is 36.6 Å². The molecule has 0 aliphatic carbocycles. The van der Waals surface area contributed by atoms with Crippen molar-refractivity contribution in [2.75, 3.05) is 35.5 Å². The van der Waals surface area contributed by atoms with Crippen molar-refractivity contribution in [3.05, 3.63) is 70.8 Å². The molecule has 0 atom stereocenters. The maximum Gasteiger partial charge on any atom is 0.271 e. The van der Waals surface area contributed by atoms with Crippen LogP contribution in [0.2, 0.25) is 0 Å². The Morgan fingerprint density at radius 2 is 1.22 bits per heavy atom. The topological polar surface area (TPSA) is 154 Å². The minimum absolute atomic E-state index is 0.0801. The molecule has 248 valence electrons. The molecular formula is C22H21BrF6N6O6S4. The minimum atomic E-state index is -4.54. The van der Waals surface area contributed by atoms with Gasteiger partial charge >= 0.3 is 0 Å². The molecule has 0 bridgehead atoms. The van der Waals surface area contributed by atoms with Crippen molar-refractivity contribution >= 4 is 69.3 Å². The van der Waals surface area contributed by atoms with Gasteiger partial charge in [-0.2, -0.15) is 8.75 Å². The molecule has 0 saturated carbocycles.